The number of nitrogens with zero attached hydrogens (tertiary/aromatic N) is 1. The molecule has 2 aromatic carbocycles. The molecule has 3 N–H and O–H groups in total. The van der Waals surface area contributed by atoms with Crippen LogP contribution in [0.15, 0.2) is 36.4 Å². The Morgan fingerprint density at radius 1 is 0.947 bits per heavy atom. The third-order valence-electron chi connectivity index (χ3n) is 6.21. The fraction of sp³-hybridized carbons (Fsp3) is 0.500. The summed E-state index contributed by atoms with van der Waals surface area (Å²) in [6.07, 6.45) is 2.85. The van der Waals surface area contributed by atoms with Crippen molar-refractivity contribution in [3.63, 3.8) is 0 Å². The van der Waals surface area contributed by atoms with Gasteiger partial charge < -0.3 is 25.4 Å². The lowest BCUT2D eigenvalue weighted by Gasteiger charge is -2.32. The summed E-state index contributed by atoms with van der Waals surface area (Å²) < 4.78 is 5.27. The number of rotatable bonds is 11. The normalized spacial score (nSPS) is 12.0. The number of phenols is 1. The number of unbranched alkanes of at least 4 members (excludes halogenated alkanes) is 3. The molecule has 38 heavy (non-hydrogen) atoms. The number of carbonyl (C=O) groups is 3. The molecule has 0 heterocycles. The number of phenolic OH excluding ortho intramolecular Hbond substituents is 1. The van der Waals surface area contributed by atoms with Crippen LogP contribution in [0.3, 0.4) is 0 Å². The van der Waals surface area contributed by atoms with Gasteiger partial charge in [0.05, 0.1) is 0 Å². The summed E-state index contributed by atoms with van der Waals surface area (Å²) in [6.45, 7) is 12.8. The first-order valence-corrected chi connectivity index (χ1v) is 13.3. The van der Waals surface area contributed by atoms with Gasteiger partial charge in [-0.3, -0.25) is 9.59 Å². The van der Waals surface area contributed by atoms with Gasteiger partial charge in [0, 0.05) is 17.8 Å². The van der Waals surface area contributed by atoms with E-state index in [1.807, 2.05) is 32.0 Å². The third-order valence-corrected chi connectivity index (χ3v) is 6.21. The van der Waals surface area contributed by atoms with Crippen LogP contribution in [0.2, 0.25) is 0 Å². The molecule has 1 atom stereocenters. The second-order valence-corrected chi connectivity index (χ2v) is 10.7. The quantitative estimate of drug-likeness (QED) is 0.315. The summed E-state index contributed by atoms with van der Waals surface area (Å²) in [5.41, 5.74) is 2.65. The predicted molar refractivity (Wildman–Crippen MR) is 150 cm³/mol. The zero-order chi connectivity index (χ0) is 28.5. The van der Waals surface area contributed by atoms with Gasteiger partial charge in [0.2, 0.25) is 5.91 Å². The Labute approximate surface area is 226 Å². The Bertz CT molecular complexity index is 1100. The number of hydrogen-bond donors (Lipinski definition) is 3. The number of benzene rings is 2. The topological polar surface area (TPSA) is 108 Å². The van der Waals surface area contributed by atoms with Gasteiger partial charge in [0.15, 0.2) is 0 Å². The largest absolute Gasteiger partial charge is 0.507 e. The number of amides is 3. The molecule has 0 saturated carbocycles. The van der Waals surface area contributed by atoms with E-state index >= 15 is 0 Å². The summed E-state index contributed by atoms with van der Waals surface area (Å²) in [6, 6.07) is 9.77. The Morgan fingerprint density at radius 2 is 1.55 bits per heavy atom. The van der Waals surface area contributed by atoms with Crippen LogP contribution in [0, 0.1) is 20.8 Å². The first-order valence-electron chi connectivity index (χ1n) is 13.3. The third kappa shape index (κ3) is 8.78. The molecule has 208 valence electrons. The minimum absolute atomic E-state index is 0.0411. The number of alkyl carbamates (subject to hydrolysis) is 1. The van der Waals surface area contributed by atoms with Gasteiger partial charge in [-0.15, -0.1) is 0 Å². The van der Waals surface area contributed by atoms with Gasteiger partial charge in [0.25, 0.3) is 5.91 Å². The van der Waals surface area contributed by atoms with Crippen LogP contribution < -0.4 is 10.6 Å². The van der Waals surface area contributed by atoms with E-state index in [0.717, 1.165) is 30.4 Å². The summed E-state index contributed by atoms with van der Waals surface area (Å²) in [4.78, 5) is 41.2. The molecule has 8 heteroatoms. The highest BCUT2D eigenvalue weighted by Gasteiger charge is 2.34. The highest BCUT2D eigenvalue weighted by atomic mass is 16.6. The van der Waals surface area contributed by atoms with Crippen molar-refractivity contribution in [2.24, 2.45) is 0 Å². The zero-order valence-corrected chi connectivity index (χ0v) is 23.8. The Morgan fingerprint density at radius 3 is 2.16 bits per heavy atom. The average molecular weight is 526 g/mol. The molecular formula is C30H43N3O5. The summed E-state index contributed by atoms with van der Waals surface area (Å²) >= 11 is 0. The van der Waals surface area contributed by atoms with Crippen LogP contribution >= 0.6 is 0 Å². The van der Waals surface area contributed by atoms with Crippen LogP contribution in [0.5, 0.6) is 5.75 Å². The lowest BCUT2D eigenvalue weighted by atomic mass is 9.99. The van der Waals surface area contributed by atoms with Crippen LogP contribution in [-0.4, -0.2) is 46.6 Å². The minimum atomic E-state index is -1.11. The van der Waals surface area contributed by atoms with E-state index in [9.17, 15) is 19.5 Å². The van der Waals surface area contributed by atoms with Gasteiger partial charge in [0.1, 0.15) is 23.9 Å². The first kappa shape index (κ1) is 30.7. The van der Waals surface area contributed by atoms with Gasteiger partial charge in [-0.1, -0.05) is 62.6 Å². The minimum Gasteiger partial charge on any atom is -0.507 e. The van der Waals surface area contributed by atoms with Gasteiger partial charge in [-0.2, -0.15) is 0 Å². The second-order valence-electron chi connectivity index (χ2n) is 10.7. The number of hydrogen-bond acceptors (Lipinski definition) is 5. The number of nitrogens with one attached hydrogen (secondary N) is 2. The van der Waals surface area contributed by atoms with Gasteiger partial charge in [-0.25, -0.2) is 4.79 Å². The smallest absolute Gasteiger partial charge is 0.408 e. The van der Waals surface area contributed by atoms with Crippen LogP contribution in [0.4, 0.5) is 10.5 Å². The molecule has 0 saturated heterocycles. The standard InChI is InChI=1S/C30H43N3O5/c1-8-9-10-11-18-33(24(34)19-31-29(37)38-30(5,6)7)26(23-17-13-16-22(4)27(23)35)28(36)32-25-20(2)14-12-15-21(25)3/h12-17,26,35H,8-11,18-19H2,1-7H3,(H,31,37)(H,32,36). The van der Waals surface area contributed by atoms with Crippen molar-refractivity contribution < 1.29 is 24.2 Å². The molecule has 2 rings (SSSR count). The van der Waals surface area contributed by atoms with Crippen LogP contribution in [0.1, 0.15) is 81.7 Å². The molecule has 0 spiro atoms. The van der Waals surface area contributed by atoms with Crippen LogP contribution in [0.25, 0.3) is 0 Å². The van der Waals surface area contributed by atoms with Crippen LogP contribution in [-0.2, 0) is 14.3 Å². The van der Waals surface area contributed by atoms with Crippen molar-refractivity contribution in [2.45, 2.75) is 85.8 Å². The molecule has 3 amide bonds. The fourth-order valence-corrected chi connectivity index (χ4v) is 4.23. The lowest BCUT2D eigenvalue weighted by Crippen LogP contribution is -2.47. The fourth-order valence-electron chi connectivity index (χ4n) is 4.23. The monoisotopic (exact) mass is 525 g/mol. The van der Waals surface area contributed by atoms with Crippen molar-refractivity contribution in [3.05, 3.63) is 58.7 Å². The second kappa shape index (κ2) is 13.8. The maximum atomic E-state index is 13.9. The van der Waals surface area contributed by atoms with E-state index in [0.29, 0.717) is 23.2 Å². The molecule has 8 nitrogen and oxygen atoms in total. The number of ether oxygens (including phenoxy) is 1. The number of aryl methyl sites for hydroxylation is 3. The Balaban J connectivity index is 2.47. The van der Waals surface area contributed by atoms with Crippen molar-refractivity contribution in [1.82, 2.24) is 10.2 Å². The zero-order valence-electron chi connectivity index (χ0n) is 23.8. The molecule has 0 fully saturated rings. The van der Waals surface area contributed by atoms with E-state index in [-0.39, 0.29) is 18.8 Å². The van der Waals surface area contributed by atoms with Crippen molar-refractivity contribution >= 4 is 23.6 Å². The van der Waals surface area contributed by atoms with Crippen molar-refractivity contribution in [2.75, 3.05) is 18.4 Å². The molecule has 0 bridgehead atoms. The molecule has 0 aliphatic rings. The highest BCUT2D eigenvalue weighted by molar-refractivity contribution is 5.99. The van der Waals surface area contributed by atoms with E-state index in [4.69, 9.17) is 4.74 Å². The van der Waals surface area contributed by atoms with E-state index in [1.54, 1.807) is 45.9 Å². The Kier molecular flexibility index (Phi) is 11.2. The summed E-state index contributed by atoms with van der Waals surface area (Å²) in [5, 5.41) is 16.5. The molecule has 0 aromatic heterocycles. The maximum Gasteiger partial charge on any atom is 0.408 e. The molecular weight excluding hydrogens is 482 g/mol. The van der Waals surface area contributed by atoms with Crippen molar-refractivity contribution in [1.29, 1.82) is 0 Å². The summed E-state index contributed by atoms with van der Waals surface area (Å²) in [5.74, 6) is -0.931. The van der Waals surface area contributed by atoms with Crippen molar-refractivity contribution in [3.8, 4) is 5.75 Å². The first-order chi connectivity index (χ1) is 17.9. The van der Waals surface area contributed by atoms with E-state index in [2.05, 4.69) is 17.6 Å². The average Bonchev–Trinajstić information content (AvgIpc) is 2.83. The Hall–Kier alpha value is -3.55. The molecule has 0 radical (unpaired) electrons. The van der Waals surface area contributed by atoms with Gasteiger partial charge in [-0.05, 0) is 64.7 Å². The molecule has 2 aromatic rings. The predicted octanol–water partition coefficient (Wildman–Crippen LogP) is 5.93. The lowest BCUT2D eigenvalue weighted by molar-refractivity contribution is -0.138. The number of carbonyl (C=O) groups excluding carboxylic acids is 3. The van der Waals surface area contributed by atoms with Gasteiger partial charge >= 0.3 is 6.09 Å². The highest BCUT2D eigenvalue weighted by Crippen LogP contribution is 2.33. The summed E-state index contributed by atoms with van der Waals surface area (Å²) in [7, 11) is 0. The maximum absolute atomic E-state index is 13.9. The van der Waals surface area contributed by atoms with E-state index < -0.39 is 29.6 Å². The molecule has 1 unspecified atom stereocenters. The number of para-hydroxylation sites is 2. The van der Waals surface area contributed by atoms with E-state index in [1.165, 1.54) is 4.90 Å². The number of anilines is 1. The molecule has 0 aliphatic heterocycles. The number of aromatic hydroxyl groups is 1. The SMILES string of the molecule is CCCCCCN(C(=O)CNC(=O)OC(C)(C)C)C(C(=O)Nc1c(C)cccc1C)c1cccc(C)c1O. The molecule has 0 aliphatic carbocycles.